The van der Waals surface area contributed by atoms with Crippen LogP contribution in [0, 0.1) is 0 Å². The Hall–Kier alpha value is -0.830. The number of nitrogens with one attached hydrogen (secondary N) is 1. The zero-order chi connectivity index (χ0) is 17.1. The Balaban J connectivity index is 0.00000288. The molecular weight excluding hydrogens is 437 g/mol. The Morgan fingerprint density at radius 3 is 2.46 bits per heavy atom. The van der Waals surface area contributed by atoms with Crippen LogP contribution >= 0.6 is 24.0 Å². The van der Waals surface area contributed by atoms with Crippen molar-refractivity contribution in [2.45, 2.75) is 38.5 Å². The van der Waals surface area contributed by atoms with Crippen LogP contribution in [-0.2, 0) is 22.8 Å². The van der Waals surface area contributed by atoms with Gasteiger partial charge in [-0.1, -0.05) is 24.3 Å². The van der Waals surface area contributed by atoms with Gasteiger partial charge in [-0.25, -0.2) is 8.42 Å². The molecular formula is C17H28IN3O2S. The van der Waals surface area contributed by atoms with E-state index in [1.165, 1.54) is 11.1 Å². The predicted octanol–water partition coefficient (Wildman–Crippen LogP) is 2.45. The predicted molar refractivity (Wildman–Crippen MR) is 111 cm³/mol. The van der Waals surface area contributed by atoms with Crippen LogP contribution < -0.4 is 5.32 Å². The van der Waals surface area contributed by atoms with E-state index in [-0.39, 0.29) is 29.7 Å². The zero-order valence-corrected chi connectivity index (χ0v) is 18.0. The van der Waals surface area contributed by atoms with Gasteiger partial charge in [-0.2, -0.15) is 0 Å². The normalized spacial score (nSPS) is 15.5. The summed E-state index contributed by atoms with van der Waals surface area (Å²) in [4.78, 5) is 6.48. The van der Waals surface area contributed by atoms with E-state index in [1.807, 2.05) is 0 Å². The minimum Gasteiger partial charge on any atom is -0.355 e. The molecule has 1 aromatic rings. The minimum atomic E-state index is -3.12. The lowest BCUT2D eigenvalue weighted by molar-refractivity contribution is 0.380. The van der Waals surface area contributed by atoms with E-state index in [0.717, 1.165) is 25.5 Å². The third-order valence-electron chi connectivity index (χ3n) is 4.23. The molecule has 0 spiro atoms. The third kappa shape index (κ3) is 5.08. The van der Waals surface area contributed by atoms with Gasteiger partial charge in [0.15, 0.2) is 15.8 Å². The summed E-state index contributed by atoms with van der Waals surface area (Å²) < 4.78 is 23.6. The highest BCUT2D eigenvalue weighted by atomic mass is 127. The summed E-state index contributed by atoms with van der Waals surface area (Å²) in [5.74, 6) is 0.878. The highest BCUT2D eigenvalue weighted by Gasteiger charge is 2.28. The summed E-state index contributed by atoms with van der Waals surface area (Å²) >= 11 is 0. The topological polar surface area (TPSA) is 61.8 Å². The Labute approximate surface area is 162 Å². The van der Waals surface area contributed by atoms with Crippen LogP contribution in [0.15, 0.2) is 29.3 Å². The van der Waals surface area contributed by atoms with Gasteiger partial charge in [0.2, 0.25) is 0 Å². The molecule has 1 N–H and O–H groups in total. The van der Waals surface area contributed by atoms with Gasteiger partial charge in [-0.3, -0.25) is 4.99 Å². The van der Waals surface area contributed by atoms with E-state index in [4.69, 9.17) is 0 Å². The van der Waals surface area contributed by atoms with Crippen LogP contribution in [-0.4, -0.2) is 49.9 Å². The first-order valence-electron chi connectivity index (χ1n) is 7.99. The summed E-state index contributed by atoms with van der Waals surface area (Å²) in [6, 6.07) is 8.42. The average Bonchev–Trinajstić information content (AvgIpc) is 2.50. The van der Waals surface area contributed by atoms with E-state index < -0.39 is 14.6 Å². The van der Waals surface area contributed by atoms with Crippen LogP contribution in [0.5, 0.6) is 0 Å². The number of nitrogens with zero attached hydrogens (tertiary/aromatic N) is 2. The van der Waals surface area contributed by atoms with Gasteiger partial charge in [-0.05, 0) is 38.3 Å². The standard InChI is InChI=1S/C17H27N3O2S.HI/c1-17(2,3)23(21,22)12-10-19-16(18-4)20-11-9-14-7-5-6-8-15(14)13-20;/h5-8H,9-13H2,1-4H3,(H,18,19);1H. The first-order valence-corrected chi connectivity index (χ1v) is 9.64. The molecule has 1 aromatic carbocycles. The summed E-state index contributed by atoms with van der Waals surface area (Å²) in [5.41, 5.74) is 2.69. The molecule has 0 radical (unpaired) electrons. The maximum Gasteiger partial charge on any atom is 0.193 e. The molecule has 1 aliphatic rings. The fraction of sp³-hybridized carbons (Fsp3) is 0.588. The molecule has 5 nitrogen and oxygen atoms in total. The molecule has 0 atom stereocenters. The smallest absolute Gasteiger partial charge is 0.193 e. The van der Waals surface area contributed by atoms with Crippen LogP contribution in [0.2, 0.25) is 0 Å². The van der Waals surface area contributed by atoms with Crippen LogP contribution in [0.25, 0.3) is 0 Å². The van der Waals surface area contributed by atoms with Crippen LogP contribution in [0.3, 0.4) is 0 Å². The molecule has 1 aliphatic heterocycles. The van der Waals surface area contributed by atoms with Gasteiger partial charge in [0.25, 0.3) is 0 Å². The molecule has 0 fully saturated rings. The quantitative estimate of drug-likeness (QED) is 0.423. The van der Waals surface area contributed by atoms with Gasteiger partial charge in [-0.15, -0.1) is 24.0 Å². The first kappa shape index (κ1) is 21.2. The van der Waals surface area contributed by atoms with E-state index >= 15 is 0 Å². The number of aliphatic imine (C=N–C) groups is 1. The number of guanidine groups is 1. The van der Waals surface area contributed by atoms with E-state index in [0.29, 0.717) is 6.54 Å². The molecule has 0 saturated carbocycles. The lowest BCUT2D eigenvalue weighted by atomic mass is 10.0. The second-order valence-corrected chi connectivity index (χ2v) is 9.71. The molecule has 0 amide bonds. The summed E-state index contributed by atoms with van der Waals surface area (Å²) in [7, 11) is -1.38. The number of rotatable bonds is 3. The Kier molecular flexibility index (Phi) is 7.52. The monoisotopic (exact) mass is 465 g/mol. The number of sulfone groups is 1. The van der Waals surface area contributed by atoms with Gasteiger partial charge >= 0.3 is 0 Å². The molecule has 0 aromatic heterocycles. The number of halogens is 1. The summed E-state index contributed by atoms with van der Waals surface area (Å²) in [6.07, 6.45) is 0.983. The highest BCUT2D eigenvalue weighted by Crippen LogP contribution is 2.18. The average molecular weight is 465 g/mol. The second kappa shape index (κ2) is 8.51. The van der Waals surface area contributed by atoms with Crippen molar-refractivity contribution >= 4 is 39.8 Å². The fourth-order valence-corrected chi connectivity index (χ4v) is 3.60. The summed E-state index contributed by atoms with van der Waals surface area (Å²) in [6.45, 7) is 7.28. The molecule has 0 unspecified atom stereocenters. The van der Waals surface area contributed by atoms with Crippen molar-refractivity contribution < 1.29 is 8.42 Å². The number of benzene rings is 1. The van der Waals surface area contributed by atoms with Crippen LogP contribution in [0.1, 0.15) is 31.9 Å². The molecule has 1 heterocycles. The largest absolute Gasteiger partial charge is 0.355 e. The molecule has 24 heavy (non-hydrogen) atoms. The van der Waals surface area contributed by atoms with Gasteiger partial charge in [0.05, 0.1) is 10.5 Å². The maximum atomic E-state index is 12.2. The lowest BCUT2D eigenvalue weighted by Gasteiger charge is -2.31. The molecule has 0 saturated heterocycles. The minimum absolute atomic E-state index is 0. The van der Waals surface area contributed by atoms with Crippen molar-refractivity contribution in [3.63, 3.8) is 0 Å². The van der Waals surface area contributed by atoms with Gasteiger partial charge < -0.3 is 10.2 Å². The highest BCUT2D eigenvalue weighted by molar-refractivity contribution is 14.0. The number of fused-ring (bicyclic) bond motifs is 1. The zero-order valence-electron chi connectivity index (χ0n) is 14.9. The Morgan fingerprint density at radius 1 is 1.25 bits per heavy atom. The van der Waals surface area contributed by atoms with E-state index in [2.05, 4.69) is 39.5 Å². The maximum absolute atomic E-state index is 12.2. The van der Waals surface area contributed by atoms with Crippen molar-refractivity contribution in [2.24, 2.45) is 4.99 Å². The van der Waals surface area contributed by atoms with Crippen molar-refractivity contribution in [2.75, 3.05) is 25.9 Å². The van der Waals surface area contributed by atoms with E-state index in [1.54, 1.807) is 27.8 Å². The lowest BCUT2D eigenvalue weighted by Crippen LogP contribution is -2.46. The van der Waals surface area contributed by atoms with Gasteiger partial charge in [0.1, 0.15) is 0 Å². The molecule has 0 aliphatic carbocycles. The number of hydrogen-bond donors (Lipinski definition) is 1. The molecule has 2 rings (SSSR count). The van der Waals surface area contributed by atoms with Crippen molar-refractivity contribution in [1.29, 1.82) is 0 Å². The molecule has 7 heteroatoms. The third-order valence-corrected chi connectivity index (χ3v) is 6.84. The van der Waals surface area contributed by atoms with E-state index in [9.17, 15) is 8.42 Å². The Morgan fingerprint density at radius 2 is 1.88 bits per heavy atom. The number of hydrogen-bond acceptors (Lipinski definition) is 3. The molecule has 136 valence electrons. The van der Waals surface area contributed by atoms with Gasteiger partial charge in [0, 0.05) is 26.7 Å². The summed E-state index contributed by atoms with van der Waals surface area (Å²) in [5, 5.41) is 3.19. The SMILES string of the molecule is CN=C(NCCS(=O)(=O)C(C)(C)C)N1CCc2ccccc2C1.I. The fourth-order valence-electron chi connectivity index (χ4n) is 2.61. The molecule has 0 bridgehead atoms. The van der Waals surface area contributed by atoms with Crippen molar-refractivity contribution in [3.8, 4) is 0 Å². The second-order valence-electron chi connectivity index (χ2n) is 6.85. The van der Waals surface area contributed by atoms with Crippen molar-refractivity contribution in [3.05, 3.63) is 35.4 Å². The van der Waals surface area contributed by atoms with Crippen LogP contribution in [0.4, 0.5) is 0 Å². The van der Waals surface area contributed by atoms with Crippen molar-refractivity contribution in [1.82, 2.24) is 10.2 Å². The Bertz CT molecular complexity index is 681. The first-order chi connectivity index (χ1) is 10.7.